The molecule has 4 rings (SSSR count). The van der Waals surface area contributed by atoms with Gasteiger partial charge in [0.05, 0.1) is 25.9 Å². The second-order valence-electron chi connectivity index (χ2n) is 3.75. The van der Waals surface area contributed by atoms with Gasteiger partial charge in [0, 0.05) is 0 Å². The molecule has 5 heteroatoms. The molecule has 0 spiro atoms. The van der Waals surface area contributed by atoms with Crippen LogP contribution in [-0.4, -0.2) is 9.97 Å². The van der Waals surface area contributed by atoms with Gasteiger partial charge in [0.15, 0.2) is 0 Å². The van der Waals surface area contributed by atoms with Gasteiger partial charge < -0.3 is 0 Å². The SMILES string of the molecule is Fc1nc2ccccc2s1.c1ccc2scnc2c1. The minimum atomic E-state index is -0.360. The van der Waals surface area contributed by atoms with Crippen molar-refractivity contribution in [1.29, 1.82) is 0 Å². The molecule has 0 amide bonds. The van der Waals surface area contributed by atoms with E-state index in [1.54, 1.807) is 17.4 Å². The maximum Gasteiger partial charge on any atom is 0.270 e. The number of hydrogen-bond donors (Lipinski definition) is 0. The summed E-state index contributed by atoms with van der Waals surface area (Å²) in [4.78, 5) is 7.80. The maximum atomic E-state index is 12.4. The number of benzene rings is 2. The number of hydrogen-bond acceptors (Lipinski definition) is 4. The average molecular weight is 288 g/mol. The van der Waals surface area contributed by atoms with Gasteiger partial charge in [0.25, 0.3) is 5.26 Å². The first-order valence-corrected chi connectivity index (χ1v) is 7.32. The predicted molar refractivity (Wildman–Crippen MR) is 79.2 cm³/mol. The molecule has 0 N–H and O–H groups in total. The summed E-state index contributed by atoms with van der Waals surface area (Å²) in [7, 11) is 0. The van der Waals surface area contributed by atoms with Crippen LogP contribution in [0.4, 0.5) is 4.39 Å². The van der Waals surface area contributed by atoms with Crippen LogP contribution in [0.3, 0.4) is 0 Å². The van der Waals surface area contributed by atoms with Crippen LogP contribution < -0.4 is 0 Å². The van der Waals surface area contributed by atoms with Gasteiger partial charge in [-0.05, 0) is 24.3 Å². The van der Waals surface area contributed by atoms with Crippen LogP contribution in [0.2, 0.25) is 0 Å². The number of nitrogens with zero attached hydrogens (tertiary/aromatic N) is 2. The van der Waals surface area contributed by atoms with Gasteiger partial charge in [-0.15, -0.1) is 11.3 Å². The van der Waals surface area contributed by atoms with Crippen molar-refractivity contribution < 1.29 is 4.39 Å². The molecule has 0 radical (unpaired) electrons. The number of thiazole rings is 2. The molecule has 0 bridgehead atoms. The van der Waals surface area contributed by atoms with Crippen molar-refractivity contribution in [2.45, 2.75) is 0 Å². The van der Waals surface area contributed by atoms with Gasteiger partial charge in [-0.3, -0.25) is 0 Å². The molecule has 0 saturated carbocycles. The second-order valence-corrected chi connectivity index (χ2v) is 5.62. The Bertz CT molecular complexity index is 744. The zero-order valence-corrected chi connectivity index (χ0v) is 11.4. The second kappa shape index (κ2) is 5.42. The zero-order chi connectivity index (χ0) is 13.1. The lowest BCUT2D eigenvalue weighted by Crippen LogP contribution is -1.65. The van der Waals surface area contributed by atoms with E-state index in [2.05, 4.69) is 16.0 Å². The highest BCUT2D eigenvalue weighted by Crippen LogP contribution is 2.19. The first-order valence-electron chi connectivity index (χ1n) is 5.62. The van der Waals surface area contributed by atoms with Crippen LogP contribution in [0.15, 0.2) is 54.0 Å². The summed E-state index contributed by atoms with van der Waals surface area (Å²) in [5.74, 6) is 0. The summed E-state index contributed by atoms with van der Waals surface area (Å²) in [5, 5.41) is -0.360. The Hall–Kier alpha value is -1.85. The van der Waals surface area contributed by atoms with Gasteiger partial charge >= 0.3 is 0 Å². The quantitative estimate of drug-likeness (QED) is 0.467. The number of rotatable bonds is 0. The molecular formula is C14H9FN2S2. The average Bonchev–Trinajstić information content (AvgIpc) is 3.03. The molecule has 0 unspecified atom stereocenters. The molecule has 94 valence electrons. The lowest BCUT2D eigenvalue weighted by Gasteiger charge is -1.80. The molecule has 0 aliphatic heterocycles. The summed E-state index contributed by atoms with van der Waals surface area (Å²) in [6.45, 7) is 0. The molecule has 0 atom stereocenters. The van der Waals surface area contributed by atoms with Crippen molar-refractivity contribution in [3.8, 4) is 0 Å². The zero-order valence-electron chi connectivity index (χ0n) is 9.79. The Balaban J connectivity index is 0.000000117. The van der Waals surface area contributed by atoms with E-state index in [4.69, 9.17) is 0 Å². The van der Waals surface area contributed by atoms with Gasteiger partial charge in [-0.2, -0.15) is 4.39 Å². The van der Waals surface area contributed by atoms with E-state index in [1.807, 2.05) is 41.9 Å². The third-order valence-corrected chi connectivity index (χ3v) is 4.14. The van der Waals surface area contributed by atoms with E-state index in [0.717, 1.165) is 27.1 Å². The summed E-state index contributed by atoms with van der Waals surface area (Å²) in [5.41, 5.74) is 3.71. The van der Waals surface area contributed by atoms with Crippen LogP contribution in [-0.2, 0) is 0 Å². The molecule has 2 aromatic heterocycles. The Morgan fingerprint density at radius 3 is 2.26 bits per heavy atom. The highest BCUT2D eigenvalue weighted by atomic mass is 32.1. The first kappa shape index (κ1) is 12.2. The summed E-state index contributed by atoms with van der Waals surface area (Å²) >= 11 is 2.75. The normalized spacial score (nSPS) is 10.4. The van der Waals surface area contributed by atoms with E-state index in [1.165, 1.54) is 4.70 Å². The summed E-state index contributed by atoms with van der Waals surface area (Å²) in [6.07, 6.45) is 0. The van der Waals surface area contributed by atoms with Gasteiger partial charge in [-0.1, -0.05) is 35.6 Å². The molecular weight excluding hydrogens is 279 g/mol. The fraction of sp³-hybridized carbons (Fsp3) is 0. The van der Waals surface area contributed by atoms with Crippen molar-refractivity contribution in [2.75, 3.05) is 0 Å². The van der Waals surface area contributed by atoms with Gasteiger partial charge in [0.2, 0.25) is 0 Å². The topological polar surface area (TPSA) is 25.8 Å². The van der Waals surface area contributed by atoms with E-state index in [0.29, 0.717) is 0 Å². The minimum absolute atomic E-state index is 0.360. The number of aromatic nitrogens is 2. The third kappa shape index (κ3) is 2.77. The third-order valence-electron chi connectivity index (χ3n) is 2.50. The fourth-order valence-electron chi connectivity index (χ4n) is 1.65. The van der Waals surface area contributed by atoms with Crippen LogP contribution in [0.1, 0.15) is 0 Å². The lowest BCUT2D eigenvalue weighted by atomic mass is 10.3. The van der Waals surface area contributed by atoms with Gasteiger partial charge in [0.1, 0.15) is 0 Å². The van der Waals surface area contributed by atoms with E-state index < -0.39 is 0 Å². The standard InChI is InChI=1S/C7H4FNS.C7H5NS/c8-7-9-5-3-1-2-4-6(5)10-7;1-2-4-7-6(3-1)8-5-9-7/h1-4H;1-5H. The van der Waals surface area contributed by atoms with Crippen molar-refractivity contribution in [2.24, 2.45) is 0 Å². The minimum Gasteiger partial charge on any atom is -0.245 e. The molecule has 0 saturated heterocycles. The Labute approximate surface area is 117 Å². The van der Waals surface area contributed by atoms with Crippen LogP contribution >= 0.6 is 22.7 Å². The fourth-order valence-corrected chi connectivity index (χ4v) is 3.02. The molecule has 2 nitrogen and oxygen atoms in total. The first-order chi connectivity index (χ1) is 9.33. The number of para-hydroxylation sites is 2. The summed E-state index contributed by atoms with van der Waals surface area (Å²) < 4.78 is 14.6. The van der Waals surface area contributed by atoms with Crippen molar-refractivity contribution in [3.63, 3.8) is 0 Å². The molecule has 0 aliphatic carbocycles. The Morgan fingerprint density at radius 1 is 0.842 bits per heavy atom. The summed E-state index contributed by atoms with van der Waals surface area (Å²) in [6, 6.07) is 15.5. The molecule has 19 heavy (non-hydrogen) atoms. The highest BCUT2D eigenvalue weighted by Gasteiger charge is 1.98. The van der Waals surface area contributed by atoms with E-state index >= 15 is 0 Å². The maximum absolute atomic E-state index is 12.4. The van der Waals surface area contributed by atoms with Crippen LogP contribution in [0, 0.1) is 5.26 Å². The molecule has 2 heterocycles. The molecule has 4 aromatic rings. The molecule has 0 fully saturated rings. The van der Waals surface area contributed by atoms with Crippen molar-refractivity contribution in [1.82, 2.24) is 9.97 Å². The van der Waals surface area contributed by atoms with Crippen molar-refractivity contribution >= 4 is 43.1 Å². The lowest BCUT2D eigenvalue weighted by molar-refractivity contribution is 0.620. The van der Waals surface area contributed by atoms with Gasteiger partial charge in [-0.25, -0.2) is 9.97 Å². The highest BCUT2D eigenvalue weighted by molar-refractivity contribution is 7.17. The van der Waals surface area contributed by atoms with E-state index in [-0.39, 0.29) is 5.26 Å². The van der Waals surface area contributed by atoms with Crippen molar-refractivity contribution in [3.05, 3.63) is 59.3 Å². The number of fused-ring (bicyclic) bond motifs is 2. The predicted octanol–water partition coefficient (Wildman–Crippen LogP) is 4.73. The number of halogens is 1. The Morgan fingerprint density at radius 2 is 1.53 bits per heavy atom. The monoisotopic (exact) mass is 288 g/mol. The largest absolute Gasteiger partial charge is 0.270 e. The smallest absolute Gasteiger partial charge is 0.245 e. The molecule has 0 aliphatic rings. The Kier molecular flexibility index (Phi) is 3.48. The van der Waals surface area contributed by atoms with Crippen LogP contribution in [0.25, 0.3) is 20.4 Å². The molecule has 2 aromatic carbocycles. The van der Waals surface area contributed by atoms with E-state index in [9.17, 15) is 4.39 Å². The van der Waals surface area contributed by atoms with Crippen LogP contribution in [0.5, 0.6) is 0 Å².